The Hall–Kier alpha value is -1.41. The minimum absolute atomic E-state index is 0.0278. The molecular formula is C12H16F5NO3. The molecule has 0 spiro atoms. The molecule has 1 saturated carbocycles. The number of alkyl halides is 5. The van der Waals surface area contributed by atoms with E-state index in [0.717, 1.165) is 4.90 Å². The van der Waals surface area contributed by atoms with Crippen molar-refractivity contribution in [3.8, 4) is 0 Å². The van der Waals surface area contributed by atoms with Crippen LogP contribution in [0.2, 0.25) is 0 Å². The molecular weight excluding hydrogens is 301 g/mol. The molecule has 9 heteroatoms. The van der Waals surface area contributed by atoms with E-state index in [1.165, 1.54) is 7.11 Å². The topological polar surface area (TPSA) is 46.6 Å². The highest BCUT2D eigenvalue weighted by molar-refractivity contribution is 5.85. The minimum atomic E-state index is -3.21. The lowest BCUT2D eigenvalue weighted by Gasteiger charge is -2.46. The Morgan fingerprint density at radius 2 is 1.90 bits per heavy atom. The van der Waals surface area contributed by atoms with Gasteiger partial charge in [0.25, 0.3) is 18.8 Å². The summed E-state index contributed by atoms with van der Waals surface area (Å²) < 4.78 is 67.8. The van der Waals surface area contributed by atoms with Crippen LogP contribution in [0.3, 0.4) is 0 Å². The first-order chi connectivity index (χ1) is 9.68. The van der Waals surface area contributed by atoms with Crippen LogP contribution in [0, 0.1) is 5.41 Å². The van der Waals surface area contributed by atoms with Gasteiger partial charge in [-0.3, -0.25) is 9.59 Å². The second-order valence-electron chi connectivity index (χ2n) is 5.14. The fourth-order valence-electron chi connectivity index (χ4n) is 2.49. The molecule has 4 nitrogen and oxygen atoms in total. The molecule has 1 unspecified atom stereocenters. The highest BCUT2D eigenvalue weighted by Crippen LogP contribution is 2.56. The normalized spacial score (nSPS) is 25.7. The van der Waals surface area contributed by atoms with Crippen LogP contribution in [0.1, 0.15) is 19.3 Å². The van der Waals surface area contributed by atoms with Crippen LogP contribution in [0.25, 0.3) is 0 Å². The van der Waals surface area contributed by atoms with Crippen LogP contribution in [0.15, 0.2) is 0 Å². The van der Waals surface area contributed by atoms with Crippen molar-refractivity contribution in [3.63, 3.8) is 0 Å². The molecule has 1 aliphatic carbocycles. The molecule has 21 heavy (non-hydrogen) atoms. The molecule has 1 aliphatic heterocycles. The van der Waals surface area contributed by atoms with Gasteiger partial charge in [-0.2, -0.15) is 0 Å². The van der Waals surface area contributed by atoms with Crippen molar-refractivity contribution in [2.45, 2.75) is 37.8 Å². The average Bonchev–Trinajstić information content (AvgIpc) is 2.81. The maximum Gasteiger partial charge on any atom is 0.292 e. The van der Waals surface area contributed by atoms with Crippen LogP contribution in [-0.4, -0.2) is 56.0 Å². The van der Waals surface area contributed by atoms with Crippen LogP contribution in [0.5, 0.6) is 0 Å². The third-order valence-corrected chi connectivity index (χ3v) is 3.51. The van der Waals surface area contributed by atoms with E-state index in [2.05, 4.69) is 4.74 Å². The number of hydrogen-bond acceptors (Lipinski definition) is 3. The molecule has 122 valence electrons. The van der Waals surface area contributed by atoms with Gasteiger partial charge < -0.3 is 9.64 Å². The molecule has 1 saturated heterocycles. The number of methoxy groups -OCH3 is 1. The summed E-state index contributed by atoms with van der Waals surface area (Å²) >= 11 is 0. The number of amides is 1. The highest BCUT2D eigenvalue weighted by atomic mass is 19.3. The fraction of sp³-hybridized carbons (Fsp3) is 0.833. The lowest BCUT2D eigenvalue weighted by atomic mass is 9.65. The van der Waals surface area contributed by atoms with Crippen molar-refractivity contribution < 1.29 is 36.3 Å². The molecule has 2 rings (SSSR count). The van der Waals surface area contributed by atoms with Crippen molar-refractivity contribution in [1.29, 1.82) is 0 Å². The standard InChI is InChI=1S/C10H12F5NO.C2H4O2/c11-6-1-2-16(3-6)8(17)9(7(12)13)4-10(14,15)5-9;1-4-2-3/h6-7H,1-5H2;2H,1H3. The number of carbonyl (C=O) groups is 2. The van der Waals surface area contributed by atoms with Crippen LogP contribution >= 0.6 is 0 Å². The summed E-state index contributed by atoms with van der Waals surface area (Å²) in [5, 5.41) is 0. The molecule has 2 fully saturated rings. The van der Waals surface area contributed by atoms with E-state index in [1.54, 1.807) is 0 Å². The molecule has 0 N–H and O–H groups in total. The van der Waals surface area contributed by atoms with Gasteiger partial charge in [0.05, 0.1) is 13.7 Å². The van der Waals surface area contributed by atoms with Crippen molar-refractivity contribution in [1.82, 2.24) is 4.90 Å². The van der Waals surface area contributed by atoms with Gasteiger partial charge in [-0.25, -0.2) is 22.0 Å². The summed E-state index contributed by atoms with van der Waals surface area (Å²) in [5.41, 5.74) is -2.30. The number of likely N-dealkylation sites (tertiary alicyclic amines) is 1. The van der Waals surface area contributed by atoms with Gasteiger partial charge in [0, 0.05) is 19.4 Å². The predicted octanol–water partition coefficient (Wildman–Crippen LogP) is 2.03. The summed E-state index contributed by atoms with van der Waals surface area (Å²) in [6.07, 6.45) is -6.56. The molecule has 1 amide bonds. The number of halogens is 5. The van der Waals surface area contributed by atoms with Gasteiger partial charge >= 0.3 is 0 Å². The second kappa shape index (κ2) is 6.57. The molecule has 1 heterocycles. The molecule has 1 atom stereocenters. The van der Waals surface area contributed by atoms with Gasteiger partial charge in [-0.15, -0.1) is 0 Å². The Bertz CT molecular complexity index is 383. The molecule has 0 radical (unpaired) electrons. The second-order valence-corrected chi connectivity index (χ2v) is 5.14. The smallest absolute Gasteiger partial charge is 0.292 e. The Kier molecular flexibility index (Phi) is 5.52. The van der Waals surface area contributed by atoms with Gasteiger partial charge in [-0.1, -0.05) is 0 Å². The van der Waals surface area contributed by atoms with E-state index in [4.69, 9.17) is 4.79 Å². The number of nitrogens with zero attached hydrogens (tertiary/aromatic N) is 1. The van der Waals surface area contributed by atoms with E-state index in [1.807, 2.05) is 0 Å². The third kappa shape index (κ3) is 3.82. The van der Waals surface area contributed by atoms with Gasteiger partial charge in [0.1, 0.15) is 11.6 Å². The van der Waals surface area contributed by atoms with Crippen molar-refractivity contribution >= 4 is 12.4 Å². The van der Waals surface area contributed by atoms with Crippen molar-refractivity contribution in [3.05, 3.63) is 0 Å². The van der Waals surface area contributed by atoms with Crippen LogP contribution in [-0.2, 0) is 14.3 Å². The average molecular weight is 317 g/mol. The van der Waals surface area contributed by atoms with Crippen LogP contribution < -0.4 is 0 Å². The zero-order valence-corrected chi connectivity index (χ0v) is 11.3. The number of rotatable bonds is 3. The number of hydrogen-bond donors (Lipinski definition) is 0. The first-order valence-corrected chi connectivity index (χ1v) is 6.24. The number of ether oxygens (including phenoxy) is 1. The molecule has 0 bridgehead atoms. The zero-order valence-electron chi connectivity index (χ0n) is 11.3. The van der Waals surface area contributed by atoms with Gasteiger partial charge in [-0.05, 0) is 6.42 Å². The van der Waals surface area contributed by atoms with E-state index in [9.17, 15) is 26.7 Å². The monoisotopic (exact) mass is 317 g/mol. The Morgan fingerprint density at radius 3 is 2.19 bits per heavy atom. The lowest BCUT2D eigenvalue weighted by molar-refractivity contribution is -0.218. The summed E-state index contributed by atoms with van der Waals surface area (Å²) in [6.45, 7) is 0.138. The first kappa shape index (κ1) is 17.6. The predicted molar refractivity (Wildman–Crippen MR) is 61.8 cm³/mol. The van der Waals surface area contributed by atoms with E-state index >= 15 is 0 Å². The number of carbonyl (C=O) groups excluding carboxylic acids is 2. The van der Waals surface area contributed by atoms with Crippen LogP contribution in [0.4, 0.5) is 22.0 Å². The van der Waals surface area contributed by atoms with E-state index in [-0.39, 0.29) is 19.5 Å². The largest absolute Gasteiger partial charge is 0.471 e. The first-order valence-electron chi connectivity index (χ1n) is 6.24. The quantitative estimate of drug-likeness (QED) is 0.591. The molecule has 2 aliphatic rings. The Morgan fingerprint density at radius 1 is 1.38 bits per heavy atom. The zero-order chi connectivity index (χ0) is 16.3. The maximum absolute atomic E-state index is 12.9. The fourth-order valence-corrected chi connectivity index (χ4v) is 2.49. The summed E-state index contributed by atoms with van der Waals surface area (Å²) in [5.74, 6) is -4.24. The third-order valence-electron chi connectivity index (χ3n) is 3.51. The van der Waals surface area contributed by atoms with Gasteiger partial charge in [0.15, 0.2) is 0 Å². The van der Waals surface area contributed by atoms with Gasteiger partial charge in [0.2, 0.25) is 5.91 Å². The SMILES string of the molecule is COC=O.O=C(N1CCC(F)C1)C1(C(F)F)CC(F)(F)C1. The Labute approximate surface area is 118 Å². The summed E-state index contributed by atoms with van der Waals surface area (Å²) in [4.78, 5) is 21.7. The Balaban J connectivity index is 0.000000491. The van der Waals surface area contributed by atoms with Crippen molar-refractivity contribution in [2.75, 3.05) is 20.2 Å². The van der Waals surface area contributed by atoms with E-state index < -0.39 is 42.7 Å². The van der Waals surface area contributed by atoms with E-state index in [0.29, 0.717) is 6.47 Å². The maximum atomic E-state index is 12.9. The minimum Gasteiger partial charge on any atom is -0.471 e. The highest BCUT2D eigenvalue weighted by Gasteiger charge is 2.66. The summed E-state index contributed by atoms with van der Waals surface area (Å²) in [7, 11) is 1.31. The lowest BCUT2D eigenvalue weighted by Crippen LogP contribution is -2.59. The molecule has 0 aromatic rings. The van der Waals surface area contributed by atoms with Crippen molar-refractivity contribution in [2.24, 2.45) is 5.41 Å². The molecule has 0 aromatic carbocycles. The summed E-state index contributed by atoms with van der Waals surface area (Å²) in [6, 6.07) is 0. The molecule has 0 aromatic heterocycles.